The predicted octanol–water partition coefficient (Wildman–Crippen LogP) is 1.15. The second-order valence-corrected chi connectivity index (χ2v) is 4.57. The molecule has 0 bridgehead atoms. The highest BCUT2D eigenvalue weighted by Gasteiger charge is 2.08. The SMILES string of the molecule is NC(=O)CNC(=O)c1ccc(OCc2ccc(F)c(F)c2)cn1. The fourth-order valence-electron chi connectivity index (χ4n) is 1.65. The molecular weight excluding hydrogens is 308 g/mol. The standard InChI is InChI=1S/C15H13F2N3O3/c16-11-3-1-9(5-12(11)17)8-23-10-2-4-13(19-6-10)15(22)20-7-14(18)21/h1-6H,7-8H2,(H2,18,21)(H,20,22). The van der Waals surface area contributed by atoms with Crippen LogP contribution in [0.3, 0.4) is 0 Å². The molecule has 0 spiro atoms. The molecule has 120 valence electrons. The van der Waals surface area contributed by atoms with E-state index in [4.69, 9.17) is 10.5 Å². The molecule has 2 amide bonds. The Morgan fingerprint density at radius 2 is 1.96 bits per heavy atom. The summed E-state index contributed by atoms with van der Waals surface area (Å²) in [6, 6.07) is 6.34. The quantitative estimate of drug-likeness (QED) is 0.834. The zero-order valence-corrected chi connectivity index (χ0v) is 11.9. The Labute approximate surface area is 130 Å². The number of benzene rings is 1. The van der Waals surface area contributed by atoms with Crippen molar-refractivity contribution in [3.63, 3.8) is 0 Å². The molecule has 1 aromatic heterocycles. The highest BCUT2D eigenvalue weighted by molar-refractivity contribution is 5.94. The van der Waals surface area contributed by atoms with Gasteiger partial charge in [0.2, 0.25) is 5.91 Å². The van der Waals surface area contributed by atoms with Crippen molar-refractivity contribution in [2.24, 2.45) is 5.73 Å². The predicted molar refractivity (Wildman–Crippen MR) is 76.5 cm³/mol. The lowest BCUT2D eigenvalue weighted by Crippen LogP contribution is -2.33. The first-order valence-electron chi connectivity index (χ1n) is 6.55. The van der Waals surface area contributed by atoms with Crippen LogP contribution < -0.4 is 15.8 Å². The molecule has 1 aromatic carbocycles. The molecule has 23 heavy (non-hydrogen) atoms. The number of aromatic nitrogens is 1. The molecule has 6 nitrogen and oxygen atoms in total. The lowest BCUT2D eigenvalue weighted by Gasteiger charge is -2.07. The molecule has 0 aliphatic carbocycles. The molecule has 0 fully saturated rings. The van der Waals surface area contributed by atoms with Gasteiger partial charge < -0.3 is 15.8 Å². The van der Waals surface area contributed by atoms with Crippen LogP contribution in [0.1, 0.15) is 16.1 Å². The molecule has 0 unspecified atom stereocenters. The van der Waals surface area contributed by atoms with E-state index in [-0.39, 0.29) is 18.8 Å². The number of rotatable bonds is 6. The molecule has 0 aliphatic heterocycles. The van der Waals surface area contributed by atoms with Crippen LogP contribution in [-0.2, 0) is 11.4 Å². The van der Waals surface area contributed by atoms with E-state index in [0.717, 1.165) is 12.1 Å². The highest BCUT2D eigenvalue weighted by atomic mass is 19.2. The fourth-order valence-corrected chi connectivity index (χ4v) is 1.65. The topological polar surface area (TPSA) is 94.3 Å². The number of hydrogen-bond acceptors (Lipinski definition) is 4. The van der Waals surface area contributed by atoms with Crippen molar-refractivity contribution < 1.29 is 23.1 Å². The molecule has 0 radical (unpaired) electrons. The summed E-state index contributed by atoms with van der Waals surface area (Å²) >= 11 is 0. The van der Waals surface area contributed by atoms with Gasteiger partial charge in [0, 0.05) is 0 Å². The minimum absolute atomic E-state index is 0.0199. The highest BCUT2D eigenvalue weighted by Crippen LogP contribution is 2.14. The van der Waals surface area contributed by atoms with Crippen LogP contribution in [0.5, 0.6) is 5.75 Å². The van der Waals surface area contributed by atoms with Gasteiger partial charge in [-0.2, -0.15) is 0 Å². The van der Waals surface area contributed by atoms with Crippen LogP contribution in [0.4, 0.5) is 8.78 Å². The van der Waals surface area contributed by atoms with Gasteiger partial charge in [-0.05, 0) is 29.8 Å². The van der Waals surface area contributed by atoms with E-state index in [1.807, 2.05) is 0 Å². The first-order valence-corrected chi connectivity index (χ1v) is 6.55. The van der Waals surface area contributed by atoms with E-state index >= 15 is 0 Å². The first-order chi connectivity index (χ1) is 11.0. The molecule has 1 heterocycles. The normalized spacial score (nSPS) is 10.2. The summed E-state index contributed by atoms with van der Waals surface area (Å²) in [6.45, 7) is -0.263. The second-order valence-electron chi connectivity index (χ2n) is 4.57. The van der Waals surface area contributed by atoms with Crippen molar-refractivity contribution in [3.05, 3.63) is 59.4 Å². The van der Waals surface area contributed by atoms with Gasteiger partial charge in [0.15, 0.2) is 11.6 Å². The molecule has 3 N–H and O–H groups in total. The van der Waals surface area contributed by atoms with Gasteiger partial charge in [-0.15, -0.1) is 0 Å². The zero-order chi connectivity index (χ0) is 16.8. The Morgan fingerprint density at radius 3 is 2.57 bits per heavy atom. The number of nitrogens with one attached hydrogen (secondary N) is 1. The molecule has 0 aliphatic rings. The largest absolute Gasteiger partial charge is 0.487 e. The number of nitrogens with two attached hydrogens (primary N) is 1. The van der Waals surface area contributed by atoms with E-state index in [2.05, 4.69) is 10.3 Å². The number of hydrogen-bond donors (Lipinski definition) is 2. The van der Waals surface area contributed by atoms with Crippen molar-refractivity contribution in [3.8, 4) is 5.75 Å². The van der Waals surface area contributed by atoms with Crippen LogP contribution in [0.25, 0.3) is 0 Å². The number of carbonyl (C=O) groups is 2. The van der Waals surface area contributed by atoms with Gasteiger partial charge in [-0.25, -0.2) is 13.8 Å². The minimum Gasteiger partial charge on any atom is -0.487 e. The maximum atomic E-state index is 13.1. The Hall–Kier alpha value is -3.03. The third kappa shape index (κ3) is 4.73. The monoisotopic (exact) mass is 321 g/mol. The summed E-state index contributed by atoms with van der Waals surface area (Å²) in [5, 5.41) is 2.29. The lowest BCUT2D eigenvalue weighted by atomic mass is 10.2. The van der Waals surface area contributed by atoms with Gasteiger partial charge in [0.1, 0.15) is 18.1 Å². The fraction of sp³-hybridized carbons (Fsp3) is 0.133. The number of ether oxygens (including phenoxy) is 1. The summed E-state index contributed by atoms with van der Waals surface area (Å²) < 4.78 is 31.2. The average Bonchev–Trinajstić information content (AvgIpc) is 2.54. The Bertz CT molecular complexity index is 720. The van der Waals surface area contributed by atoms with Crippen molar-refractivity contribution >= 4 is 11.8 Å². The maximum Gasteiger partial charge on any atom is 0.270 e. The van der Waals surface area contributed by atoms with E-state index in [0.29, 0.717) is 11.3 Å². The molecule has 0 saturated heterocycles. The van der Waals surface area contributed by atoms with Gasteiger partial charge in [0.25, 0.3) is 5.91 Å². The maximum absolute atomic E-state index is 13.1. The molecule has 8 heteroatoms. The van der Waals surface area contributed by atoms with Crippen molar-refractivity contribution in [1.82, 2.24) is 10.3 Å². The number of nitrogens with zero attached hydrogens (tertiary/aromatic N) is 1. The molecular formula is C15H13F2N3O3. The number of halogens is 2. The second kappa shape index (κ2) is 7.30. The van der Waals surface area contributed by atoms with Crippen LogP contribution in [0.15, 0.2) is 36.5 Å². The van der Waals surface area contributed by atoms with Gasteiger partial charge in [0.05, 0.1) is 12.7 Å². The average molecular weight is 321 g/mol. The summed E-state index contributed by atoms with van der Waals surface area (Å²) in [4.78, 5) is 26.1. The summed E-state index contributed by atoms with van der Waals surface area (Å²) in [5.74, 6) is -2.74. The summed E-state index contributed by atoms with van der Waals surface area (Å²) in [6.07, 6.45) is 1.30. The Morgan fingerprint density at radius 1 is 1.17 bits per heavy atom. The number of carbonyl (C=O) groups excluding carboxylic acids is 2. The molecule has 2 rings (SSSR count). The van der Waals surface area contributed by atoms with Gasteiger partial charge in [-0.1, -0.05) is 6.07 Å². The Balaban J connectivity index is 1.93. The smallest absolute Gasteiger partial charge is 0.270 e. The van der Waals surface area contributed by atoms with Gasteiger partial charge in [-0.3, -0.25) is 9.59 Å². The van der Waals surface area contributed by atoms with E-state index in [1.54, 1.807) is 0 Å². The minimum atomic E-state index is -0.953. The van der Waals surface area contributed by atoms with Gasteiger partial charge >= 0.3 is 0 Å². The Kier molecular flexibility index (Phi) is 5.19. The first kappa shape index (κ1) is 16.3. The lowest BCUT2D eigenvalue weighted by molar-refractivity contribution is -0.117. The van der Waals surface area contributed by atoms with Crippen LogP contribution >= 0.6 is 0 Å². The third-order valence-electron chi connectivity index (χ3n) is 2.78. The molecule has 0 atom stereocenters. The van der Waals surface area contributed by atoms with Crippen molar-refractivity contribution in [2.45, 2.75) is 6.61 Å². The van der Waals surface area contributed by atoms with Crippen LogP contribution in [-0.4, -0.2) is 23.3 Å². The van der Waals surface area contributed by atoms with E-state index in [9.17, 15) is 18.4 Å². The third-order valence-corrected chi connectivity index (χ3v) is 2.78. The van der Waals surface area contributed by atoms with E-state index < -0.39 is 23.4 Å². The zero-order valence-electron chi connectivity index (χ0n) is 11.9. The van der Waals surface area contributed by atoms with Crippen molar-refractivity contribution in [2.75, 3.05) is 6.54 Å². The van der Waals surface area contributed by atoms with Crippen molar-refractivity contribution in [1.29, 1.82) is 0 Å². The molecule has 0 saturated carbocycles. The summed E-state index contributed by atoms with van der Waals surface area (Å²) in [7, 11) is 0. The number of amides is 2. The number of pyridine rings is 1. The molecule has 2 aromatic rings. The van der Waals surface area contributed by atoms with Crippen LogP contribution in [0, 0.1) is 11.6 Å². The van der Waals surface area contributed by atoms with Crippen LogP contribution in [0.2, 0.25) is 0 Å². The van der Waals surface area contributed by atoms with E-state index in [1.165, 1.54) is 24.4 Å². The number of primary amides is 1. The summed E-state index contributed by atoms with van der Waals surface area (Å²) in [5.41, 5.74) is 5.45.